The maximum atomic E-state index is 12.7. The second-order valence-corrected chi connectivity index (χ2v) is 5.83. The average Bonchev–Trinajstić information content (AvgIpc) is 2.86. The highest BCUT2D eigenvalue weighted by atomic mass is 16.6. The molecule has 1 aliphatic heterocycles. The summed E-state index contributed by atoms with van der Waals surface area (Å²) in [5.41, 5.74) is 5.77. The zero-order valence-electron chi connectivity index (χ0n) is 12.9. The maximum Gasteiger partial charge on any atom is 0.280 e. The van der Waals surface area contributed by atoms with E-state index in [1.165, 1.54) is 0 Å². The van der Waals surface area contributed by atoms with Crippen LogP contribution in [0, 0.1) is 0 Å². The molecule has 21 heavy (non-hydrogen) atoms. The molecule has 0 spiro atoms. The lowest BCUT2D eigenvalue weighted by molar-refractivity contribution is 0.0565. The number of carbonyl (C=O) groups is 1. The van der Waals surface area contributed by atoms with Crippen LogP contribution in [0.2, 0.25) is 0 Å². The van der Waals surface area contributed by atoms with Gasteiger partial charge in [0, 0.05) is 19.1 Å². The molecular weight excluding hydrogens is 272 g/mol. The van der Waals surface area contributed by atoms with Crippen molar-refractivity contribution < 1.29 is 9.42 Å². The molecule has 1 amide bonds. The number of nitrogens with two attached hydrogens (primary N) is 1. The van der Waals surface area contributed by atoms with Gasteiger partial charge in [-0.3, -0.25) is 4.79 Å². The lowest BCUT2D eigenvalue weighted by atomic mass is 10.0. The Bertz CT molecular complexity index is 467. The number of anilines is 1. The van der Waals surface area contributed by atoms with E-state index in [9.17, 15) is 4.79 Å². The van der Waals surface area contributed by atoms with E-state index in [-0.39, 0.29) is 23.5 Å². The summed E-state index contributed by atoms with van der Waals surface area (Å²) in [6.45, 7) is 3.42. The summed E-state index contributed by atoms with van der Waals surface area (Å²) in [7, 11) is 6.08. The van der Waals surface area contributed by atoms with Gasteiger partial charge in [-0.1, -0.05) is 0 Å². The molecule has 1 aliphatic rings. The lowest BCUT2D eigenvalue weighted by Crippen LogP contribution is -2.48. The molecular formula is C13H24N6O2. The first kappa shape index (κ1) is 15.7. The topological polar surface area (TPSA) is 91.7 Å². The average molecular weight is 296 g/mol. The molecule has 8 nitrogen and oxygen atoms in total. The molecule has 0 aromatic carbocycles. The van der Waals surface area contributed by atoms with E-state index in [0.29, 0.717) is 6.54 Å². The molecule has 1 aromatic heterocycles. The molecule has 0 atom stereocenters. The van der Waals surface area contributed by atoms with E-state index in [1.54, 1.807) is 0 Å². The molecule has 0 radical (unpaired) electrons. The summed E-state index contributed by atoms with van der Waals surface area (Å²) in [6.07, 6.45) is 1.92. The number of aromatic nitrogens is 2. The smallest absolute Gasteiger partial charge is 0.280 e. The fourth-order valence-corrected chi connectivity index (χ4v) is 2.54. The van der Waals surface area contributed by atoms with Crippen molar-refractivity contribution in [2.45, 2.75) is 18.9 Å². The Morgan fingerprint density at radius 3 is 2.52 bits per heavy atom. The van der Waals surface area contributed by atoms with Gasteiger partial charge in [0.25, 0.3) is 5.91 Å². The van der Waals surface area contributed by atoms with Crippen molar-refractivity contribution in [2.75, 3.05) is 53.1 Å². The maximum absolute atomic E-state index is 12.7. The molecule has 8 heteroatoms. The Morgan fingerprint density at radius 1 is 1.33 bits per heavy atom. The predicted molar refractivity (Wildman–Crippen MR) is 78.8 cm³/mol. The molecule has 0 aliphatic carbocycles. The second-order valence-electron chi connectivity index (χ2n) is 5.83. The molecule has 1 fully saturated rings. The standard InChI is InChI=1S/C13H24N6O2/c1-17(2)8-9-19(10-4-6-18(3)7-5-10)13(20)11-12(14)16-21-15-11/h10H,4-9H2,1-3H3,(H2,14,16). The van der Waals surface area contributed by atoms with Gasteiger partial charge in [-0.2, -0.15) is 0 Å². The van der Waals surface area contributed by atoms with Crippen LogP contribution in [0.5, 0.6) is 0 Å². The van der Waals surface area contributed by atoms with Gasteiger partial charge in [0.1, 0.15) is 0 Å². The third-order valence-electron chi connectivity index (χ3n) is 3.89. The van der Waals surface area contributed by atoms with Gasteiger partial charge < -0.3 is 20.4 Å². The summed E-state index contributed by atoms with van der Waals surface area (Å²) in [5, 5.41) is 7.15. The quantitative estimate of drug-likeness (QED) is 0.801. The van der Waals surface area contributed by atoms with Crippen molar-refractivity contribution in [3.05, 3.63) is 5.69 Å². The molecule has 2 rings (SSSR count). The minimum absolute atomic E-state index is 0.0581. The van der Waals surface area contributed by atoms with Crippen molar-refractivity contribution in [2.24, 2.45) is 0 Å². The van der Waals surface area contributed by atoms with Gasteiger partial charge >= 0.3 is 0 Å². The Balaban J connectivity index is 2.11. The van der Waals surface area contributed by atoms with Crippen LogP contribution in [0.1, 0.15) is 23.3 Å². The first-order valence-corrected chi connectivity index (χ1v) is 7.21. The Hall–Kier alpha value is -1.67. The third-order valence-corrected chi connectivity index (χ3v) is 3.89. The number of nitrogens with zero attached hydrogens (tertiary/aromatic N) is 5. The van der Waals surface area contributed by atoms with E-state index in [0.717, 1.165) is 32.5 Å². The van der Waals surface area contributed by atoms with Crippen LogP contribution in [-0.4, -0.2) is 84.3 Å². The van der Waals surface area contributed by atoms with Gasteiger partial charge in [-0.05, 0) is 57.4 Å². The number of hydrogen-bond donors (Lipinski definition) is 1. The second kappa shape index (κ2) is 6.86. The summed E-state index contributed by atoms with van der Waals surface area (Å²) >= 11 is 0. The van der Waals surface area contributed by atoms with Crippen LogP contribution in [-0.2, 0) is 0 Å². The highest BCUT2D eigenvalue weighted by Crippen LogP contribution is 2.19. The Labute approximate surface area is 124 Å². The van der Waals surface area contributed by atoms with Crippen molar-refractivity contribution in [3.8, 4) is 0 Å². The van der Waals surface area contributed by atoms with Crippen LogP contribution in [0.4, 0.5) is 5.82 Å². The summed E-state index contributed by atoms with van der Waals surface area (Å²) < 4.78 is 4.56. The largest absolute Gasteiger partial charge is 0.379 e. The lowest BCUT2D eigenvalue weighted by Gasteiger charge is -2.37. The first-order valence-electron chi connectivity index (χ1n) is 7.21. The molecule has 118 valence electrons. The molecule has 2 N–H and O–H groups in total. The molecule has 0 bridgehead atoms. The van der Waals surface area contributed by atoms with E-state index in [4.69, 9.17) is 5.73 Å². The summed E-state index contributed by atoms with van der Waals surface area (Å²) in [4.78, 5) is 18.9. The number of amides is 1. The van der Waals surface area contributed by atoms with E-state index in [1.807, 2.05) is 19.0 Å². The molecule has 0 saturated carbocycles. The number of likely N-dealkylation sites (N-methyl/N-ethyl adjacent to an activating group) is 1. The number of likely N-dealkylation sites (tertiary alicyclic amines) is 1. The van der Waals surface area contributed by atoms with Crippen LogP contribution in [0.3, 0.4) is 0 Å². The molecule has 1 saturated heterocycles. The molecule has 2 heterocycles. The SMILES string of the molecule is CN(C)CCN(C(=O)c1nonc1N)C1CCN(C)CC1. The van der Waals surface area contributed by atoms with Gasteiger partial charge in [0.2, 0.25) is 11.5 Å². The van der Waals surface area contributed by atoms with Crippen molar-refractivity contribution in [1.29, 1.82) is 0 Å². The fourth-order valence-electron chi connectivity index (χ4n) is 2.54. The van der Waals surface area contributed by atoms with Gasteiger partial charge in [0.15, 0.2) is 0 Å². The fraction of sp³-hybridized carbons (Fsp3) is 0.769. The van der Waals surface area contributed by atoms with E-state index in [2.05, 4.69) is 31.8 Å². The molecule has 1 aromatic rings. The van der Waals surface area contributed by atoms with Gasteiger partial charge in [0.05, 0.1) is 0 Å². The van der Waals surface area contributed by atoms with Crippen molar-refractivity contribution in [1.82, 2.24) is 25.0 Å². The monoisotopic (exact) mass is 296 g/mol. The van der Waals surface area contributed by atoms with E-state index < -0.39 is 0 Å². The predicted octanol–water partition coefficient (Wildman–Crippen LogP) is -0.250. The normalized spacial score (nSPS) is 17.3. The molecule has 0 unspecified atom stereocenters. The van der Waals surface area contributed by atoms with Crippen LogP contribution < -0.4 is 5.73 Å². The zero-order chi connectivity index (χ0) is 15.4. The Kier molecular flexibility index (Phi) is 5.13. The number of nitrogen functional groups attached to an aromatic ring is 1. The zero-order valence-corrected chi connectivity index (χ0v) is 12.9. The minimum Gasteiger partial charge on any atom is -0.379 e. The number of piperidine rings is 1. The number of rotatable bonds is 5. The van der Waals surface area contributed by atoms with Crippen molar-refractivity contribution in [3.63, 3.8) is 0 Å². The summed E-state index contributed by atoms with van der Waals surface area (Å²) in [6, 6.07) is 0.213. The first-order chi connectivity index (χ1) is 9.99. The van der Waals surface area contributed by atoms with Crippen LogP contribution >= 0.6 is 0 Å². The number of hydrogen-bond acceptors (Lipinski definition) is 7. The van der Waals surface area contributed by atoms with E-state index >= 15 is 0 Å². The van der Waals surface area contributed by atoms with Crippen LogP contribution in [0.15, 0.2) is 4.63 Å². The minimum atomic E-state index is -0.190. The van der Waals surface area contributed by atoms with Gasteiger partial charge in [-0.25, -0.2) is 4.63 Å². The highest BCUT2D eigenvalue weighted by Gasteiger charge is 2.30. The third kappa shape index (κ3) is 3.92. The van der Waals surface area contributed by atoms with Crippen molar-refractivity contribution >= 4 is 11.7 Å². The van der Waals surface area contributed by atoms with Crippen LogP contribution in [0.25, 0.3) is 0 Å². The highest BCUT2D eigenvalue weighted by molar-refractivity contribution is 5.96. The number of carbonyl (C=O) groups excluding carboxylic acids is 1. The Morgan fingerprint density at radius 2 is 2.00 bits per heavy atom. The van der Waals surface area contributed by atoms with Gasteiger partial charge in [-0.15, -0.1) is 0 Å². The summed E-state index contributed by atoms with van der Waals surface area (Å²) in [5.74, 6) is -0.132.